The third kappa shape index (κ3) is 1.57. The summed E-state index contributed by atoms with van der Waals surface area (Å²) >= 11 is 0. The van der Waals surface area contributed by atoms with Gasteiger partial charge in [0.2, 0.25) is 0 Å². The summed E-state index contributed by atoms with van der Waals surface area (Å²) in [7, 11) is 0. The fourth-order valence-electron chi connectivity index (χ4n) is 1.75. The first-order valence-corrected chi connectivity index (χ1v) is 5.07. The molecule has 0 radical (unpaired) electrons. The zero-order valence-corrected chi connectivity index (χ0v) is 8.79. The van der Waals surface area contributed by atoms with Crippen LogP contribution >= 0.6 is 0 Å². The lowest BCUT2D eigenvalue weighted by Crippen LogP contribution is -1.83. The molecule has 82 valence electrons. The maximum Gasteiger partial charge on any atom is 0.150 e. The number of rotatable bonds is 2. The molecule has 0 atom stereocenters. The number of nitrogens with zero attached hydrogens (tertiary/aromatic N) is 3. The number of aromatic nitrogens is 4. The van der Waals surface area contributed by atoms with Crippen LogP contribution in [0.4, 0.5) is 0 Å². The molecular weight excluding hydrogens is 216 g/mol. The van der Waals surface area contributed by atoms with Crippen LogP contribution in [0.3, 0.4) is 0 Å². The molecule has 0 unspecified atom stereocenters. The van der Waals surface area contributed by atoms with Crippen LogP contribution in [0.1, 0.15) is 10.4 Å². The number of benzene rings is 1. The van der Waals surface area contributed by atoms with E-state index in [0.29, 0.717) is 5.56 Å². The predicted octanol–water partition coefficient (Wildman–Crippen LogP) is 1.83. The number of aldehydes is 1. The number of hydrogen-bond acceptors (Lipinski definition) is 4. The van der Waals surface area contributed by atoms with Crippen molar-refractivity contribution in [2.75, 3.05) is 0 Å². The second-order valence-electron chi connectivity index (χ2n) is 3.62. The van der Waals surface area contributed by atoms with Crippen LogP contribution in [0.25, 0.3) is 22.2 Å². The Hall–Kier alpha value is -2.56. The van der Waals surface area contributed by atoms with E-state index in [0.717, 1.165) is 28.4 Å². The molecule has 5 heteroatoms. The van der Waals surface area contributed by atoms with Crippen molar-refractivity contribution in [2.24, 2.45) is 0 Å². The van der Waals surface area contributed by atoms with E-state index >= 15 is 0 Å². The Morgan fingerprint density at radius 1 is 1.18 bits per heavy atom. The summed E-state index contributed by atoms with van der Waals surface area (Å²) < 4.78 is 0. The van der Waals surface area contributed by atoms with Crippen molar-refractivity contribution in [1.82, 2.24) is 20.2 Å². The highest BCUT2D eigenvalue weighted by Crippen LogP contribution is 2.25. The quantitative estimate of drug-likeness (QED) is 0.674. The number of H-pyrrole nitrogens is 1. The minimum atomic E-state index is 0.622. The van der Waals surface area contributed by atoms with Crippen LogP contribution in [0, 0.1) is 0 Å². The van der Waals surface area contributed by atoms with Gasteiger partial charge in [0.1, 0.15) is 18.3 Å². The SMILES string of the molecule is O=Cc1ccc2c(-c3cncnc3)n[nH]c2c1. The molecule has 0 aliphatic heterocycles. The monoisotopic (exact) mass is 224 g/mol. The highest BCUT2D eigenvalue weighted by molar-refractivity contribution is 5.95. The number of carbonyl (C=O) groups is 1. The van der Waals surface area contributed by atoms with Gasteiger partial charge in [-0.25, -0.2) is 9.97 Å². The maximum atomic E-state index is 10.7. The normalized spacial score (nSPS) is 10.6. The van der Waals surface area contributed by atoms with E-state index < -0.39 is 0 Å². The summed E-state index contributed by atoms with van der Waals surface area (Å²) in [5, 5.41) is 8.07. The molecule has 1 N–H and O–H groups in total. The molecule has 0 fully saturated rings. The number of carbonyl (C=O) groups excluding carboxylic acids is 1. The highest BCUT2D eigenvalue weighted by Gasteiger charge is 2.08. The lowest BCUT2D eigenvalue weighted by Gasteiger charge is -1.96. The van der Waals surface area contributed by atoms with Crippen LogP contribution in [-0.2, 0) is 0 Å². The fraction of sp³-hybridized carbons (Fsp3) is 0. The fourth-order valence-corrected chi connectivity index (χ4v) is 1.75. The van der Waals surface area contributed by atoms with Gasteiger partial charge in [-0.2, -0.15) is 5.10 Å². The van der Waals surface area contributed by atoms with E-state index in [2.05, 4.69) is 20.2 Å². The zero-order valence-electron chi connectivity index (χ0n) is 8.79. The Morgan fingerprint density at radius 2 is 2.00 bits per heavy atom. The first kappa shape index (κ1) is 9.65. The molecule has 3 aromatic rings. The standard InChI is InChI=1S/C12H8N4O/c17-6-8-1-2-10-11(3-8)15-16-12(10)9-4-13-7-14-5-9/h1-7H,(H,15,16). The van der Waals surface area contributed by atoms with Crippen LogP contribution in [0.5, 0.6) is 0 Å². The Morgan fingerprint density at radius 3 is 2.76 bits per heavy atom. The average molecular weight is 224 g/mol. The van der Waals surface area contributed by atoms with Gasteiger partial charge in [0.15, 0.2) is 0 Å². The van der Waals surface area contributed by atoms with E-state index in [1.807, 2.05) is 6.07 Å². The van der Waals surface area contributed by atoms with Crippen molar-refractivity contribution in [2.45, 2.75) is 0 Å². The molecule has 0 amide bonds. The Balaban J connectivity index is 2.22. The molecular formula is C12H8N4O. The third-order valence-electron chi connectivity index (χ3n) is 2.56. The molecule has 2 aromatic heterocycles. The molecule has 0 saturated carbocycles. The first-order chi connectivity index (χ1) is 8.38. The van der Waals surface area contributed by atoms with E-state index in [9.17, 15) is 4.79 Å². The van der Waals surface area contributed by atoms with Crippen LogP contribution in [0.2, 0.25) is 0 Å². The van der Waals surface area contributed by atoms with Gasteiger partial charge in [-0.05, 0) is 12.1 Å². The lowest BCUT2D eigenvalue weighted by atomic mass is 10.1. The topological polar surface area (TPSA) is 71.5 Å². The van der Waals surface area contributed by atoms with E-state index in [4.69, 9.17) is 0 Å². The van der Waals surface area contributed by atoms with Crippen molar-refractivity contribution >= 4 is 17.2 Å². The molecule has 0 aliphatic carbocycles. The Kier molecular flexibility index (Phi) is 2.15. The van der Waals surface area contributed by atoms with Gasteiger partial charge in [0.05, 0.1) is 5.52 Å². The summed E-state index contributed by atoms with van der Waals surface area (Å²) in [4.78, 5) is 18.6. The van der Waals surface area contributed by atoms with Crippen molar-refractivity contribution in [3.8, 4) is 11.3 Å². The van der Waals surface area contributed by atoms with Gasteiger partial charge in [-0.1, -0.05) is 6.07 Å². The lowest BCUT2D eigenvalue weighted by molar-refractivity contribution is 0.112. The van der Waals surface area contributed by atoms with E-state index in [1.165, 1.54) is 6.33 Å². The van der Waals surface area contributed by atoms with Crippen molar-refractivity contribution in [1.29, 1.82) is 0 Å². The third-order valence-corrected chi connectivity index (χ3v) is 2.56. The minimum absolute atomic E-state index is 0.622. The van der Waals surface area contributed by atoms with Crippen LogP contribution < -0.4 is 0 Å². The smallest absolute Gasteiger partial charge is 0.150 e. The first-order valence-electron chi connectivity index (χ1n) is 5.07. The minimum Gasteiger partial charge on any atom is -0.298 e. The summed E-state index contributed by atoms with van der Waals surface area (Å²) in [5.41, 5.74) is 3.08. The number of hydrogen-bond donors (Lipinski definition) is 1. The predicted molar refractivity (Wildman–Crippen MR) is 62.5 cm³/mol. The van der Waals surface area contributed by atoms with Gasteiger partial charge in [-0.3, -0.25) is 9.89 Å². The number of aromatic amines is 1. The van der Waals surface area contributed by atoms with Crippen molar-refractivity contribution < 1.29 is 4.79 Å². The van der Waals surface area contributed by atoms with E-state index in [-0.39, 0.29) is 0 Å². The Bertz CT molecular complexity index is 675. The van der Waals surface area contributed by atoms with Gasteiger partial charge >= 0.3 is 0 Å². The second-order valence-corrected chi connectivity index (χ2v) is 3.62. The van der Waals surface area contributed by atoms with Gasteiger partial charge < -0.3 is 0 Å². The molecule has 0 aliphatic rings. The molecule has 2 heterocycles. The summed E-state index contributed by atoms with van der Waals surface area (Å²) in [6.45, 7) is 0. The van der Waals surface area contributed by atoms with Crippen molar-refractivity contribution in [3.63, 3.8) is 0 Å². The molecule has 5 nitrogen and oxygen atoms in total. The molecule has 17 heavy (non-hydrogen) atoms. The molecule has 1 aromatic carbocycles. The summed E-state index contributed by atoms with van der Waals surface area (Å²) in [5.74, 6) is 0. The number of fused-ring (bicyclic) bond motifs is 1. The van der Waals surface area contributed by atoms with Crippen LogP contribution in [-0.4, -0.2) is 26.5 Å². The van der Waals surface area contributed by atoms with Crippen LogP contribution in [0.15, 0.2) is 36.9 Å². The van der Waals surface area contributed by atoms with Gasteiger partial charge in [0, 0.05) is 28.9 Å². The molecule has 0 spiro atoms. The number of nitrogens with one attached hydrogen (secondary N) is 1. The van der Waals surface area contributed by atoms with Crippen molar-refractivity contribution in [3.05, 3.63) is 42.5 Å². The maximum absolute atomic E-state index is 10.7. The molecule has 3 rings (SSSR count). The summed E-state index contributed by atoms with van der Waals surface area (Å²) in [6, 6.07) is 5.39. The second kappa shape index (κ2) is 3.79. The van der Waals surface area contributed by atoms with E-state index in [1.54, 1.807) is 24.5 Å². The van der Waals surface area contributed by atoms with Gasteiger partial charge in [0.25, 0.3) is 0 Å². The highest BCUT2D eigenvalue weighted by atomic mass is 16.1. The Labute approximate surface area is 96.5 Å². The molecule has 0 bridgehead atoms. The summed E-state index contributed by atoms with van der Waals surface area (Å²) in [6.07, 6.45) is 5.70. The largest absolute Gasteiger partial charge is 0.298 e. The molecule has 0 saturated heterocycles. The average Bonchev–Trinajstić information content (AvgIpc) is 2.82. The zero-order chi connectivity index (χ0) is 11.7. The van der Waals surface area contributed by atoms with Gasteiger partial charge in [-0.15, -0.1) is 0 Å².